The zero-order chi connectivity index (χ0) is 13.4. The van der Waals surface area contributed by atoms with Crippen molar-refractivity contribution in [2.24, 2.45) is 0 Å². The number of hydrogen-bond donors (Lipinski definition) is 2. The molecule has 0 aliphatic heterocycles. The molecule has 1 aromatic carbocycles. The molecule has 0 saturated carbocycles. The van der Waals surface area contributed by atoms with Crippen molar-refractivity contribution < 1.29 is 4.79 Å². The van der Waals surface area contributed by atoms with Gasteiger partial charge in [0.25, 0.3) is 0 Å². The Kier molecular flexibility index (Phi) is 6.76. The van der Waals surface area contributed by atoms with Gasteiger partial charge in [0.1, 0.15) is 0 Å². The van der Waals surface area contributed by atoms with Crippen LogP contribution < -0.4 is 10.6 Å². The maximum Gasteiger partial charge on any atom is 0.225 e. The quantitative estimate of drug-likeness (QED) is 0.745. The number of halogens is 1. The van der Waals surface area contributed by atoms with E-state index in [9.17, 15) is 4.79 Å². The van der Waals surface area contributed by atoms with Gasteiger partial charge in [0.15, 0.2) is 0 Å². The van der Waals surface area contributed by atoms with E-state index >= 15 is 0 Å². The van der Waals surface area contributed by atoms with E-state index in [-0.39, 0.29) is 5.91 Å². The van der Waals surface area contributed by atoms with E-state index in [0.29, 0.717) is 11.4 Å². The molecule has 0 bridgehead atoms. The first-order valence-electron chi connectivity index (χ1n) is 6.40. The fraction of sp³-hybridized carbons (Fsp3) is 0.500. The SMILES string of the molecule is CCCCNCCC(=O)Nc1ccc(Cl)cc1C. The van der Waals surface area contributed by atoms with Crippen molar-refractivity contribution in [2.75, 3.05) is 18.4 Å². The van der Waals surface area contributed by atoms with E-state index in [1.807, 2.05) is 19.1 Å². The number of hydrogen-bond acceptors (Lipinski definition) is 2. The standard InChI is InChI=1S/C14H21ClN2O/c1-3-4-8-16-9-7-14(18)17-13-6-5-12(15)10-11(13)2/h5-6,10,16H,3-4,7-9H2,1-2H3,(H,17,18). The summed E-state index contributed by atoms with van der Waals surface area (Å²) in [6.07, 6.45) is 2.81. The van der Waals surface area contributed by atoms with Crippen LogP contribution in [0.1, 0.15) is 31.7 Å². The van der Waals surface area contributed by atoms with Crippen molar-refractivity contribution in [1.82, 2.24) is 5.32 Å². The van der Waals surface area contributed by atoms with E-state index in [1.165, 1.54) is 6.42 Å². The summed E-state index contributed by atoms with van der Waals surface area (Å²) in [5, 5.41) is 6.82. The van der Waals surface area contributed by atoms with Gasteiger partial charge in [-0.05, 0) is 43.7 Å². The summed E-state index contributed by atoms with van der Waals surface area (Å²) in [6.45, 7) is 5.78. The molecule has 0 unspecified atom stereocenters. The van der Waals surface area contributed by atoms with Crippen LogP contribution in [-0.4, -0.2) is 19.0 Å². The summed E-state index contributed by atoms with van der Waals surface area (Å²) < 4.78 is 0. The molecular weight excluding hydrogens is 248 g/mol. The summed E-state index contributed by atoms with van der Waals surface area (Å²) in [5.41, 5.74) is 1.81. The summed E-state index contributed by atoms with van der Waals surface area (Å²) in [4.78, 5) is 11.7. The summed E-state index contributed by atoms with van der Waals surface area (Å²) in [7, 11) is 0. The number of carbonyl (C=O) groups excluding carboxylic acids is 1. The third-order valence-electron chi connectivity index (χ3n) is 2.70. The first kappa shape index (κ1) is 15.0. The highest BCUT2D eigenvalue weighted by molar-refractivity contribution is 6.30. The Morgan fingerprint density at radius 3 is 2.78 bits per heavy atom. The lowest BCUT2D eigenvalue weighted by atomic mass is 10.2. The molecule has 1 amide bonds. The number of unbranched alkanes of at least 4 members (excludes halogenated alkanes) is 1. The summed E-state index contributed by atoms with van der Waals surface area (Å²) >= 11 is 5.86. The van der Waals surface area contributed by atoms with Crippen molar-refractivity contribution in [1.29, 1.82) is 0 Å². The van der Waals surface area contributed by atoms with Crippen LogP contribution in [0.2, 0.25) is 5.02 Å². The van der Waals surface area contributed by atoms with Crippen LogP contribution in [-0.2, 0) is 4.79 Å². The number of benzene rings is 1. The van der Waals surface area contributed by atoms with Gasteiger partial charge in [-0.15, -0.1) is 0 Å². The molecule has 0 heterocycles. The lowest BCUT2D eigenvalue weighted by Crippen LogP contribution is -2.22. The highest BCUT2D eigenvalue weighted by Gasteiger charge is 2.04. The predicted octanol–water partition coefficient (Wildman–Crippen LogP) is 3.37. The maximum atomic E-state index is 11.7. The van der Waals surface area contributed by atoms with Crippen molar-refractivity contribution in [3.63, 3.8) is 0 Å². The van der Waals surface area contributed by atoms with Gasteiger partial charge in [-0.1, -0.05) is 24.9 Å². The molecule has 0 aliphatic rings. The predicted molar refractivity (Wildman–Crippen MR) is 77.2 cm³/mol. The molecule has 0 fully saturated rings. The molecule has 1 rings (SSSR count). The number of anilines is 1. The van der Waals surface area contributed by atoms with Gasteiger partial charge < -0.3 is 10.6 Å². The molecule has 100 valence electrons. The topological polar surface area (TPSA) is 41.1 Å². The Bertz CT molecular complexity index is 393. The smallest absolute Gasteiger partial charge is 0.225 e. The third kappa shape index (κ3) is 5.52. The zero-order valence-corrected chi connectivity index (χ0v) is 11.8. The number of carbonyl (C=O) groups is 1. The Balaban J connectivity index is 2.31. The van der Waals surface area contributed by atoms with Gasteiger partial charge in [-0.3, -0.25) is 4.79 Å². The lowest BCUT2D eigenvalue weighted by molar-refractivity contribution is -0.116. The Morgan fingerprint density at radius 2 is 2.11 bits per heavy atom. The Morgan fingerprint density at radius 1 is 1.33 bits per heavy atom. The molecule has 3 nitrogen and oxygen atoms in total. The van der Waals surface area contributed by atoms with E-state index in [2.05, 4.69) is 17.6 Å². The number of rotatable bonds is 7. The second-order valence-electron chi connectivity index (χ2n) is 4.36. The minimum Gasteiger partial charge on any atom is -0.326 e. The van der Waals surface area contributed by atoms with Crippen LogP contribution in [0, 0.1) is 6.92 Å². The Hall–Kier alpha value is -1.06. The molecular formula is C14H21ClN2O. The monoisotopic (exact) mass is 268 g/mol. The van der Waals surface area contributed by atoms with Crippen LogP contribution in [0.25, 0.3) is 0 Å². The number of amides is 1. The fourth-order valence-corrected chi connectivity index (χ4v) is 1.84. The van der Waals surface area contributed by atoms with Crippen molar-refractivity contribution in [3.8, 4) is 0 Å². The van der Waals surface area contributed by atoms with Crippen LogP contribution in [0.4, 0.5) is 5.69 Å². The minimum atomic E-state index is 0.0319. The summed E-state index contributed by atoms with van der Waals surface area (Å²) in [6, 6.07) is 5.46. The maximum absolute atomic E-state index is 11.7. The van der Waals surface area contributed by atoms with Gasteiger partial charge in [0.2, 0.25) is 5.91 Å². The summed E-state index contributed by atoms with van der Waals surface area (Å²) in [5.74, 6) is 0.0319. The molecule has 2 N–H and O–H groups in total. The average Bonchev–Trinajstić information content (AvgIpc) is 2.32. The van der Waals surface area contributed by atoms with Crippen molar-refractivity contribution in [2.45, 2.75) is 33.1 Å². The van der Waals surface area contributed by atoms with Crippen LogP contribution >= 0.6 is 11.6 Å². The minimum absolute atomic E-state index is 0.0319. The lowest BCUT2D eigenvalue weighted by Gasteiger charge is -2.09. The van der Waals surface area contributed by atoms with Gasteiger partial charge >= 0.3 is 0 Å². The molecule has 0 aliphatic carbocycles. The van der Waals surface area contributed by atoms with Gasteiger partial charge in [-0.2, -0.15) is 0 Å². The van der Waals surface area contributed by atoms with Gasteiger partial charge in [-0.25, -0.2) is 0 Å². The third-order valence-corrected chi connectivity index (χ3v) is 2.93. The largest absolute Gasteiger partial charge is 0.326 e. The van der Waals surface area contributed by atoms with E-state index in [4.69, 9.17) is 11.6 Å². The van der Waals surface area contributed by atoms with Gasteiger partial charge in [0.05, 0.1) is 0 Å². The van der Waals surface area contributed by atoms with E-state index < -0.39 is 0 Å². The molecule has 0 atom stereocenters. The molecule has 0 radical (unpaired) electrons. The highest BCUT2D eigenvalue weighted by atomic mass is 35.5. The first-order valence-corrected chi connectivity index (χ1v) is 6.78. The molecule has 4 heteroatoms. The fourth-order valence-electron chi connectivity index (χ4n) is 1.61. The second kappa shape index (κ2) is 8.11. The van der Waals surface area contributed by atoms with E-state index in [1.54, 1.807) is 6.07 Å². The van der Waals surface area contributed by atoms with Crippen LogP contribution in [0.15, 0.2) is 18.2 Å². The highest BCUT2D eigenvalue weighted by Crippen LogP contribution is 2.19. The van der Waals surface area contributed by atoms with Crippen LogP contribution in [0.5, 0.6) is 0 Å². The zero-order valence-electron chi connectivity index (χ0n) is 11.1. The normalized spacial score (nSPS) is 10.4. The molecule has 0 aromatic heterocycles. The second-order valence-corrected chi connectivity index (χ2v) is 4.80. The molecule has 0 spiro atoms. The molecule has 0 saturated heterocycles. The van der Waals surface area contributed by atoms with Crippen molar-refractivity contribution >= 4 is 23.2 Å². The van der Waals surface area contributed by atoms with Gasteiger partial charge in [0, 0.05) is 23.7 Å². The van der Waals surface area contributed by atoms with E-state index in [0.717, 1.165) is 30.8 Å². The Labute approximate surface area is 114 Å². The number of nitrogens with one attached hydrogen (secondary N) is 2. The number of aryl methyl sites for hydroxylation is 1. The average molecular weight is 269 g/mol. The molecule has 18 heavy (non-hydrogen) atoms. The first-order chi connectivity index (χ1) is 8.63. The van der Waals surface area contributed by atoms with Crippen LogP contribution in [0.3, 0.4) is 0 Å². The molecule has 1 aromatic rings. The van der Waals surface area contributed by atoms with Crippen molar-refractivity contribution in [3.05, 3.63) is 28.8 Å².